The van der Waals surface area contributed by atoms with Crippen LogP contribution in [0.15, 0.2) is 18.2 Å². The minimum atomic E-state index is -0.365. The minimum absolute atomic E-state index is 0.0453. The van der Waals surface area contributed by atoms with Crippen LogP contribution in [0.4, 0.5) is 5.69 Å². The van der Waals surface area contributed by atoms with Crippen molar-refractivity contribution in [1.29, 1.82) is 5.26 Å². The third kappa shape index (κ3) is 4.58. The summed E-state index contributed by atoms with van der Waals surface area (Å²) in [5, 5.41) is 15.2. The molecule has 0 heterocycles. The number of hydrogen-bond donors (Lipinski definition) is 2. The van der Waals surface area contributed by atoms with E-state index in [0.29, 0.717) is 23.7 Å². The summed E-state index contributed by atoms with van der Waals surface area (Å²) in [5.41, 5.74) is 2.21. The highest BCUT2D eigenvalue weighted by Crippen LogP contribution is 2.19. The number of nitrogens with zero attached hydrogens (tertiary/aromatic N) is 1. The van der Waals surface area contributed by atoms with E-state index in [1.807, 2.05) is 25.1 Å². The van der Waals surface area contributed by atoms with Crippen LogP contribution in [0.25, 0.3) is 0 Å². The Hall–Kier alpha value is -2.02. The van der Waals surface area contributed by atoms with Gasteiger partial charge in [-0.3, -0.25) is 4.79 Å². The average molecular weight is 273 g/mol. The Balaban J connectivity index is 2.62. The lowest BCUT2D eigenvalue weighted by Crippen LogP contribution is -2.38. The molecule has 0 radical (unpaired) electrons. The first-order chi connectivity index (χ1) is 9.45. The number of amides is 1. The maximum Gasteiger partial charge on any atom is 0.242 e. The Bertz CT molecular complexity index is 503. The van der Waals surface area contributed by atoms with Gasteiger partial charge in [-0.15, -0.1) is 0 Å². The zero-order valence-corrected chi connectivity index (χ0v) is 12.7. The zero-order valence-electron chi connectivity index (χ0n) is 12.7. The molecule has 0 spiro atoms. The van der Waals surface area contributed by atoms with Crippen LogP contribution in [-0.2, 0) is 4.79 Å². The molecule has 1 amide bonds. The predicted molar refractivity (Wildman–Crippen MR) is 81.4 cm³/mol. The van der Waals surface area contributed by atoms with Crippen molar-refractivity contribution in [3.63, 3.8) is 0 Å². The molecule has 1 rings (SSSR count). The Morgan fingerprint density at radius 2 is 2.05 bits per heavy atom. The van der Waals surface area contributed by atoms with Gasteiger partial charge in [-0.25, -0.2) is 0 Å². The SMILES string of the molecule is Cc1cccc(NC(C)C(=O)NCCC(C)C)c1C#N. The normalized spacial score (nSPS) is 11.8. The third-order valence-corrected chi connectivity index (χ3v) is 3.17. The second-order valence-corrected chi connectivity index (χ2v) is 5.45. The Labute approximate surface area is 121 Å². The molecule has 4 heteroatoms. The van der Waals surface area contributed by atoms with Crippen molar-refractivity contribution in [2.24, 2.45) is 5.92 Å². The van der Waals surface area contributed by atoms with Gasteiger partial charge >= 0.3 is 0 Å². The number of nitrogens with one attached hydrogen (secondary N) is 2. The Kier molecular flexibility index (Phi) is 6.05. The number of hydrogen-bond acceptors (Lipinski definition) is 3. The average Bonchev–Trinajstić information content (AvgIpc) is 2.38. The van der Waals surface area contributed by atoms with Crippen LogP contribution in [0.1, 0.15) is 38.3 Å². The lowest BCUT2D eigenvalue weighted by atomic mass is 10.1. The van der Waals surface area contributed by atoms with Crippen molar-refractivity contribution in [3.8, 4) is 6.07 Å². The van der Waals surface area contributed by atoms with Gasteiger partial charge in [-0.05, 0) is 37.8 Å². The number of nitriles is 1. The van der Waals surface area contributed by atoms with Gasteiger partial charge in [-0.2, -0.15) is 5.26 Å². The van der Waals surface area contributed by atoms with Crippen LogP contribution < -0.4 is 10.6 Å². The number of rotatable bonds is 6. The summed E-state index contributed by atoms with van der Waals surface area (Å²) < 4.78 is 0. The lowest BCUT2D eigenvalue weighted by molar-refractivity contribution is -0.121. The topological polar surface area (TPSA) is 64.9 Å². The molecular formula is C16H23N3O. The van der Waals surface area contributed by atoms with E-state index in [4.69, 9.17) is 5.26 Å². The molecule has 108 valence electrons. The fourth-order valence-corrected chi connectivity index (χ4v) is 1.87. The third-order valence-electron chi connectivity index (χ3n) is 3.17. The second-order valence-electron chi connectivity index (χ2n) is 5.45. The highest BCUT2D eigenvalue weighted by Gasteiger charge is 2.14. The van der Waals surface area contributed by atoms with Gasteiger partial charge in [0.1, 0.15) is 12.1 Å². The predicted octanol–water partition coefficient (Wildman–Crippen LogP) is 2.83. The van der Waals surface area contributed by atoms with E-state index in [2.05, 4.69) is 30.6 Å². The highest BCUT2D eigenvalue weighted by molar-refractivity contribution is 5.84. The number of carbonyl (C=O) groups is 1. The molecule has 0 saturated heterocycles. The first kappa shape index (κ1) is 16.0. The molecule has 0 bridgehead atoms. The summed E-state index contributed by atoms with van der Waals surface area (Å²) in [6.45, 7) is 8.62. The van der Waals surface area contributed by atoms with Crippen molar-refractivity contribution >= 4 is 11.6 Å². The van der Waals surface area contributed by atoms with E-state index in [9.17, 15) is 4.79 Å². The van der Waals surface area contributed by atoms with Crippen LogP contribution >= 0.6 is 0 Å². The summed E-state index contributed by atoms with van der Waals surface area (Å²) in [6.07, 6.45) is 0.965. The molecule has 0 aromatic heterocycles. The van der Waals surface area contributed by atoms with Gasteiger partial charge in [0.25, 0.3) is 0 Å². The molecule has 0 aliphatic rings. The standard InChI is InChI=1S/C16H23N3O/c1-11(2)8-9-18-16(20)13(4)19-15-7-5-6-12(3)14(15)10-17/h5-7,11,13,19H,8-9H2,1-4H3,(H,18,20). The number of anilines is 1. The fourth-order valence-electron chi connectivity index (χ4n) is 1.87. The Morgan fingerprint density at radius 1 is 1.35 bits per heavy atom. The molecule has 0 fully saturated rings. The van der Waals surface area contributed by atoms with Crippen LogP contribution in [0.5, 0.6) is 0 Å². The summed E-state index contributed by atoms with van der Waals surface area (Å²) in [7, 11) is 0. The zero-order chi connectivity index (χ0) is 15.1. The van der Waals surface area contributed by atoms with Gasteiger partial charge in [0, 0.05) is 6.54 Å². The highest BCUT2D eigenvalue weighted by atomic mass is 16.2. The molecule has 1 atom stereocenters. The second kappa shape index (κ2) is 7.54. The number of benzene rings is 1. The molecule has 20 heavy (non-hydrogen) atoms. The van der Waals surface area contributed by atoms with E-state index in [0.717, 1.165) is 12.0 Å². The van der Waals surface area contributed by atoms with Crippen LogP contribution in [0.2, 0.25) is 0 Å². The van der Waals surface area contributed by atoms with Gasteiger partial charge in [0.15, 0.2) is 0 Å². The largest absolute Gasteiger partial charge is 0.373 e. The monoisotopic (exact) mass is 273 g/mol. The van der Waals surface area contributed by atoms with Crippen molar-refractivity contribution < 1.29 is 4.79 Å². The smallest absolute Gasteiger partial charge is 0.242 e. The van der Waals surface area contributed by atoms with E-state index >= 15 is 0 Å². The summed E-state index contributed by atoms with van der Waals surface area (Å²) in [5.74, 6) is 0.525. The van der Waals surface area contributed by atoms with E-state index in [-0.39, 0.29) is 11.9 Å². The number of carbonyl (C=O) groups excluding carboxylic acids is 1. The van der Waals surface area contributed by atoms with E-state index < -0.39 is 0 Å². The summed E-state index contributed by atoms with van der Waals surface area (Å²) >= 11 is 0. The van der Waals surface area contributed by atoms with Gasteiger partial charge in [0.2, 0.25) is 5.91 Å². The van der Waals surface area contributed by atoms with E-state index in [1.54, 1.807) is 6.92 Å². The molecule has 1 unspecified atom stereocenters. The van der Waals surface area contributed by atoms with Crippen molar-refractivity contribution in [1.82, 2.24) is 5.32 Å². The summed E-state index contributed by atoms with van der Waals surface area (Å²) in [4.78, 5) is 12.0. The molecule has 0 aliphatic carbocycles. The molecule has 4 nitrogen and oxygen atoms in total. The number of aryl methyl sites for hydroxylation is 1. The van der Waals surface area contributed by atoms with Crippen LogP contribution in [-0.4, -0.2) is 18.5 Å². The maximum atomic E-state index is 12.0. The molecule has 1 aromatic rings. The van der Waals surface area contributed by atoms with Crippen molar-refractivity contribution in [2.45, 2.75) is 40.2 Å². The van der Waals surface area contributed by atoms with Crippen molar-refractivity contribution in [3.05, 3.63) is 29.3 Å². The van der Waals surface area contributed by atoms with Gasteiger partial charge in [-0.1, -0.05) is 26.0 Å². The first-order valence-corrected chi connectivity index (χ1v) is 6.99. The summed E-state index contributed by atoms with van der Waals surface area (Å²) in [6, 6.07) is 7.39. The van der Waals surface area contributed by atoms with Gasteiger partial charge < -0.3 is 10.6 Å². The fraction of sp³-hybridized carbons (Fsp3) is 0.500. The molecular weight excluding hydrogens is 250 g/mol. The minimum Gasteiger partial charge on any atom is -0.373 e. The van der Waals surface area contributed by atoms with Crippen molar-refractivity contribution in [2.75, 3.05) is 11.9 Å². The first-order valence-electron chi connectivity index (χ1n) is 6.99. The van der Waals surface area contributed by atoms with Crippen LogP contribution in [0.3, 0.4) is 0 Å². The lowest BCUT2D eigenvalue weighted by Gasteiger charge is -2.17. The molecule has 2 N–H and O–H groups in total. The quantitative estimate of drug-likeness (QED) is 0.837. The van der Waals surface area contributed by atoms with Gasteiger partial charge in [0.05, 0.1) is 11.3 Å². The molecule has 0 saturated carbocycles. The molecule has 1 aromatic carbocycles. The van der Waals surface area contributed by atoms with Crippen LogP contribution in [0, 0.1) is 24.2 Å². The maximum absolute atomic E-state index is 12.0. The molecule has 0 aliphatic heterocycles. The Morgan fingerprint density at radius 3 is 2.65 bits per heavy atom. The van der Waals surface area contributed by atoms with E-state index in [1.165, 1.54) is 0 Å².